The van der Waals surface area contributed by atoms with Gasteiger partial charge in [0, 0.05) is 23.7 Å². The number of anilines is 1. The third kappa shape index (κ3) is 5.83. The van der Waals surface area contributed by atoms with E-state index in [2.05, 4.69) is 5.32 Å². The maximum absolute atomic E-state index is 12.2. The molecule has 5 nitrogen and oxygen atoms in total. The molecule has 0 aromatic heterocycles. The number of nitrogens with one attached hydrogen (secondary N) is 1. The lowest BCUT2D eigenvalue weighted by Crippen LogP contribution is -2.35. The molecule has 0 heterocycles. The van der Waals surface area contributed by atoms with E-state index in [-0.39, 0.29) is 18.4 Å². The van der Waals surface area contributed by atoms with Crippen molar-refractivity contribution in [1.82, 2.24) is 4.90 Å². The highest BCUT2D eigenvalue weighted by atomic mass is 32.2. The standard InChI is InChI=1S/C19H22N2O3S/c1-14-7-4-5-10-17(14)25-13-19(23)21(2)12-18(22)20-15-8-6-9-16(11-15)24-3/h4-11H,12-13H2,1-3H3,(H,20,22). The third-order valence-electron chi connectivity index (χ3n) is 3.60. The number of thioether (sulfide) groups is 1. The SMILES string of the molecule is COc1cccc(NC(=O)CN(C)C(=O)CSc2ccccc2C)c1. The lowest BCUT2D eigenvalue weighted by molar-refractivity contribution is -0.131. The van der Waals surface area contributed by atoms with Gasteiger partial charge in [-0.2, -0.15) is 0 Å². The van der Waals surface area contributed by atoms with Crippen LogP contribution < -0.4 is 10.1 Å². The van der Waals surface area contributed by atoms with Crippen molar-refractivity contribution in [1.29, 1.82) is 0 Å². The van der Waals surface area contributed by atoms with Crippen molar-refractivity contribution in [2.45, 2.75) is 11.8 Å². The predicted molar refractivity (Wildman–Crippen MR) is 101 cm³/mol. The molecule has 6 heteroatoms. The van der Waals surface area contributed by atoms with Gasteiger partial charge in [0.2, 0.25) is 11.8 Å². The molecule has 0 radical (unpaired) electrons. The number of likely N-dealkylation sites (N-methyl/N-ethyl adjacent to an activating group) is 1. The van der Waals surface area contributed by atoms with E-state index in [0.29, 0.717) is 17.2 Å². The molecule has 2 rings (SSSR count). The largest absolute Gasteiger partial charge is 0.497 e. The minimum atomic E-state index is -0.245. The molecule has 0 bridgehead atoms. The van der Waals surface area contributed by atoms with Crippen LogP contribution >= 0.6 is 11.8 Å². The number of amides is 2. The van der Waals surface area contributed by atoms with E-state index >= 15 is 0 Å². The van der Waals surface area contributed by atoms with Gasteiger partial charge in [0.05, 0.1) is 19.4 Å². The number of carbonyl (C=O) groups excluding carboxylic acids is 2. The van der Waals surface area contributed by atoms with Crippen LogP contribution in [0.2, 0.25) is 0 Å². The molecule has 0 saturated carbocycles. The van der Waals surface area contributed by atoms with Gasteiger partial charge in [-0.05, 0) is 30.7 Å². The molecule has 0 unspecified atom stereocenters. The molecule has 0 atom stereocenters. The number of benzene rings is 2. The molecular formula is C19H22N2O3S. The molecule has 0 aliphatic heterocycles. The number of rotatable bonds is 7. The predicted octanol–water partition coefficient (Wildman–Crippen LogP) is 3.19. The van der Waals surface area contributed by atoms with Gasteiger partial charge in [0.15, 0.2) is 0 Å². The van der Waals surface area contributed by atoms with Gasteiger partial charge in [-0.15, -0.1) is 11.8 Å². The van der Waals surface area contributed by atoms with Crippen molar-refractivity contribution in [2.24, 2.45) is 0 Å². The number of carbonyl (C=O) groups is 2. The van der Waals surface area contributed by atoms with Crippen LogP contribution in [0.3, 0.4) is 0 Å². The topological polar surface area (TPSA) is 58.6 Å². The number of methoxy groups -OCH3 is 1. The molecule has 0 spiro atoms. The van der Waals surface area contributed by atoms with E-state index in [0.717, 1.165) is 10.5 Å². The molecule has 132 valence electrons. The Morgan fingerprint density at radius 2 is 1.92 bits per heavy atom. The molecule has 2 aromatic carbocycles. The second-order valence-electron chi connectivity index (χ2n) is 5.58. The van der Waals surface area contributed by atoms with E-state index in [1.165, 1.54) is 16.7 Å². The minimum absolute atomic E-state index is 0.00434. The van der Waals surface area contributed by atoms with Crippen LogP contribution in [0.1, 0.15) is 5.56 Å². The van der Waals surface area contributed by atoms with Crippen molar-refractivity contribution in [3.63, 3.8) is 0 Å². The van der Waals surface area contributed by atoms with Crippen molar-refractivity contribution in [2.75, 3.05) is 31.8 Å². The molecule has 1 N–H and O–H groups in total. The zero-order valence-electron chi connectivity index (χ0n) is 14.6. The average Bonchev–Trinajstić information content (AvgIpc) is 2.60. The number of ether oxygens (including phenoxy) is 1. The van der Waals surface area contributed by atoms with Crippen LogP contribution in [0, 0.1) is 6.92 Å². The first kappa shape index (κ1) is 18.9. The second kappa shape index (κ2) is 9.13. The average molecular weight is 358 g/mol. The highest BCUT2D eigenvalue weighted by Crippen LogP contribution is 2.22. The fourth-order valence-electron chi connectivity index (χ4n) is 2.17. The highest BCUT2D eigenvalue weighted by Gasteiger charge is 2.14. The second-order valence-corrected chi connectivity index (χ2v) is 6.60. The van der Waals surface area contributed by atoms with E-state index in [4.69, 9.17) is 4.74 Å². The summed E-state index contributed by atoms with van der Waals surface area (Å²) in [4.78, 5) is 26.8. The summed E-state index contributed by atoms with van der Waals surface area (Å²) in [5.74, 6) is 0.629. The fraction of sp³-hybridized carbons (Fsp3) is 0.263. The van der Waals surface area contributed by atoms with Crippen molar-refractivity contribution in [3.8, 4) is 5.75 Å². The van der Waals surface area contributed by atoms with E-state index < -0.39 is 0 Å². The lowest BCUT2D eigenvalue weighted by Gasteiger charge is -2.17. The van der Waals surface area contributed by atoms with E-state index in [1.54, 1.807) is 38.4 Å². The summed E-state index contributed by atoms with van der Waals surface area (Å²) in [5, 5.41) is 2.77. The van der Waals surface area contributed by atoms with Gasteiger partial charge < -0.3 is 15.0 Å². The van der Waals surface area contributed by atoms with Crippen molar-refractivity contribution < 1.29 is 14.3 Å². The molecule has 2 aromatic rings. The maximum Gasteiger partial charge on any atom is 0.243 e. The Balaban J connectivity index is 1.83. The molecule has 25 heavy (non-hydrogen) atoms. The van der Waals surface area contributed by atoms with Gasteiger partial charge in [-0.1, -0.05) is 24.3 Å². The van der Waals surface area contributed by atoms with Crippen molar-refractivity contribution in [3.05, 3.63) is 54.1 Å². The summed E-state index contributed by atoms with van der Waals surface area (Å²) in [6.07, 6.45) is 0. The zero-order valence-corrected chi connectivity index (χ0v) is 15.4. The first-order valence-electron chi connectivity index (χ1n) is 7.86. The number of aryl methyl sites for hydroxylation is 1. The van der Waals surface area contributed by atoms with Crippen LogP contribution in [0.15, 0.2) is 53.4 Å². The summed E-state index contributed by atoms with van der Waals surface area (Å²) in [6, 6.07) is 15.0. The van der Waals surface area contributed by atoms with Gasteiger partial charge in [-0.25, -0.2) is 0 Å². The molecule has 0 fully saturated rings. The first-order chi connectivity index (χ1) is 12.0. The number of nitrogens with zero attached hydrogens (tertiary/aromatic N) is 1. The molecule has 0 aliphatic rings. The van der Waals surface area contributed by atoms with Crippen LogP contribution in [0.4, 0.5) is 5.69 Å². The fourth-order valence-corrected chi connectivity index (χ4v) is 3.14. The quantitative estimate of drug-likeness (QED) is 0.772. The summed E-state index contributed by atoms with van der Waals surface area (Å²) < 4.78 is 5.12. The van der Waals surface area contributed by atoms with Crippen LogP contribution in [0.5, 0.6) is 5.75 Å². The summed E-state index contributed by atoms with van der Waals surface area (Å²) in [5.41, 5.74) is 1.78. The molecule has 0 aliphatic carbocycles. The van der Waals surface area contributed by atoms with Crippen LogP contribution in [0.25, 0.3) is 0 Å². The van der Waals surface area contributed by atoms with Crippen LogP contribution in [-0.2, 0) is 9.59 Å². The zero-order chi connectivity index (χ0) is 18.2. The summed E-state index contributed by atoms with van der Waals surface area (Å²) >= 11 is 1.48. The molecular weight excluding hydrogens is 336 g/mol. The van der Waals surface area contributed by atoms with Gasteiger partial charge in [0.25, 0.3) is 0 Å². The van der Waals surface area contributed by atoms with E-state index in [1.807, 2.05) is 31.2 Å². The van der Waals surface area contributed by atoms with Gasteiger partial charge >= 0.3 is 0 Å². The molecule has 2 amide bonds. The molecule has 0 saturated heterocycles. The summed E-state index contributed by atoms with van der Waals surface area (Å²) in [7, 11) is 3.20. The lowest BCUT2D eigenvalue weighted by atomic mass is 10.2. The Morgan fingerprint density at radius 3 is 2.64 bits per heavy atom. The normalized spacial score (nSPS) is 10.2. The maximum atomic E-state index is 12.2. The van der Waals surface area contributed by atoms with Crippen molar-refractivity contribution >= 4 is 29.3 Å². The Bertz CT molecular complexity index is 749. The Hall–Kier alpha value is -2.47. The van der Waals surface area contributed by atoms with Gasteiger partial charge in [-0.3, -0.25) is 9.59 Å². The monoisotopic (exact) mass is 358 g/mol. The van der Waals surface area contributed by atoms with E-state index in [9.17, 15) is 9.59 Å². The Labute approximate surface area is 152 Å². The van der Waals surface area contributed by atoms with Gasteiger partial charge in [0.1, 0.15) is 5.75 Å². The Kier molecular flexibility index (Phi) is 6.89. The third-order valence-corrected chi connectivity index (χ3v) is 4.77. The Morgan fingerprint density at radius 1 is 1.16 bits per heavy atom. The summed E-state index contributed by atoms with van der Waals surface area (Å²) in [6.45, 7) is 2.02. The number of hydrogen-bond acceptors (Lipinski definition) is 4. The van der Waals surface area contributed by atoms with Crippen LogP contribution in [-0.4, -0.2) is 43.2 Å². The minimum Gasteiger partial charge on any atom is -0.497 e. The highest BCUT2D eigenvalue weighted by molar-refractivity contribution is 8.00. The smallest absolute Gasteiger partial charge is 0.243 e. The number of hydrogen-bond donors (Lipinski definition) is 1. The first-order valence-corrected chi connectivity index (χ1v) is 8.84.